The molecule has 0 aliphatic carbocycles. The molecule has 3 aromatic carbocycles. The first-order valence-electron chi connectivity index (χ1n) is 20.0. The lowest BCUT2D eigenvalue weighted by Gasteiger charge is -2.34. The van der Waals surface area contributed by atoms with Crippen molar-refractivity contribution in [2.75, 3.05) is 43.4 Å². The minimum absolute atomic E-state index is 0.00281. The number of hydrogen-bond acceptors (Lipinski definition) is 10. The van der Waals surface area contributed by atoms with Gasteiger partial charge in [-0.1, -0.05) is 30.3 Å². The van der Waals surface area contributed by atoms with E-state index in [2.05, 4.69) is 63.9 Å². The molecule has 1 atom stereocenters. The van der Waals surface area contributed by atoms with Crippen LogP contribution in [0.3, 0.4) is 0 Å². The molecule has 2 saturated heterocycles. The van der Waals surface area contributed by atoms with Gasteiger partial charge in [0.05, 0.1) is 11.9 Å². The van der Waals surface area contributed by atoms with Crippen molar-refractivity contribution in [2.45, 2.75) is 71.2 Å². The van der Waals surface area contributed by atoms with Crippen molar-refractivity contribution < 1.29 is 19.1 Å². The summed E-state index contributed by atoms with van der Waals surface area (Å²) in [4.78, 5) is 54.6. The summed E-state index contributed by atoms with van der Waals surface area (Å²) in [6.45, 7) is 8.40. The third kappa shape index (κ3) is 7.37. The molecule has 14 nitrogen and oxygen atoms in total. The van der Waals surface area contributed by atoms with Crippen LogP contribution in [0.5, 0.6) is 5.75 Å². The molecule has 0 saturated carbocycles. The van der Waals surface area contributed by atoms with Crippen molar-refractivity contribution in [1.82, 2.24) is 39.8 Å². The average Bonchev–Trinajstić information content (AvgIpc) is 3.71. The van der Waals surface area contributed by atoms with E-state index in [1.165, 1.54) is 5.56 Å². The zero-order valence-electron chi connectivity index (χ0n) is 32.7. The molecule has 3 N–H and O–H groups in total. The first kappa shape index (κ1) is 36.6. The van der Waals surface area contributed by atoms with Gasteiger partial charge >= 0.3 is 0 Å². The molecule has 57 heavy (non-hydrogen) atoms. The highest BCUT2D eigenvalue weighted by Crippen LogP contribution is 2.32. The van der Waals surface area contributed by atoms with E-state index in [9.17, 15) is 14.4 Å². The van der Waals surface area contributed by atoms with Crippen LogP contribution in [0, 0.1) is 13.8 Å². The number of carbonyl (C=O) groups excluding carboxylic acids is 3. The van der Waals surface area contributed by atoms with Gasteiger partial charge in [0.25, 0.3) is 5.91 Å². The van der Waals surface area contributed by atoms with Gasteiger partial charge in [-0.15, -0.1) is 0 Å². The van der Waals surface area contributed by atoms with E-state index in [0.717, 1.165) is 77.8 Å². The number of para-hydroxylation sites is 1. The lowest BCUT2D eigenvalue weighted by molar-refractivity contribution is -0.133. The second kappa shape index (κ2) is 15.1. The standard InChI is InChI=1S/C43H48N10O4/c1-26-6-4-7-27(2)38(26)47-39-35-22-45-43(48-40(35)50(3)49-39)46-31-11-9-28-13-19-52(23-30(28)20-31)37(54)25-51-17-14-32(15-18-51)57-33-12-10-29-24-53(42(56)34(29)21-33)36-8-5-16-44-41(36)55/h4,6-7,9-12,20-22,32,36H,5,8,13-19,23-25H2,1-3H3,(H,44,55)(H,47,49)(H,45,46,48). The number of hydrogen-bond donors (Lipinski definition) is 3. The number of ether oxygens (including phenoxy) is 1. The summed E-state index contributed by atoms with van der Waals surface area (Å²) in [6.07, 6.45) is 5.75. The fourth-order valence-corrected chi connectivity index (χ4v) is 8.65. The molecule has 4 aliphatic rings. The van der Waals surface area contributed by atoms with Crippen LogP contribution < -0.4 is 20.7 Å². The summed E-state index contributed by atoms with van der Waals surface area (Å²) in [7, 11) is 1.88. The largest absolute Gasteiger partial charge is 0.490 e. The molecular weight excluding hydrogens is 721 g/mol. The van der Waals surface area contributed by atoms with Crippen LogP contribution in [-0.4, -0.2) is 97.0 Å². The number of rotatable bonds is 9. The summed E-state index contributed by atoms with van der Waals surface area (Å²) < 4.78 is 8.12. The molecule has 0 bridgehead atoms. The van der Waals surface area contributed by atoms with E-state index >= 15 is 0 Å². The Balaban J connectivity index is 0.778. The van der Waals surface area contributed by atoms with Crippen LogP contribution in [0.1, 0.15) is 63.9 Å². The molecule has 4 aliphatic heterocycles. The molecule has 294 valence electrons. The first-order valence-corrected chi connectivity index (χ1v) is 20.0. The highest BCUT2D eigenvalue weighted by Gasteiger charge is 2.38. The van der Waals surface area contributed by atoms with E-state index in [4.69, 9.17) is 14.8 Å². The van der Waals surface area contributed by atoms with Crippen LogP contribution in [0.25, 0.3) is 11.0 Å². The minimum Gasteiger partial charge on any atom is -0.490 e. The predicted molar refractivity (Wildman–Crippen MR) is 217 cm³/mol. The van der Waals surface area contributed by atoms with Gasteiger partial charge in [0.2, 0.25) is 17.8 Å². The van der Waals surface area contributed by atoms with Gasteiger partial charge < -0.3 is 30.5 Å². The van der Waals surface area contributed by atoms with Crippen molar-refractivity contribution in [3.63, 3.8) is 0 Å². The van der Waals surface area contributed by atoms with E-state index < -0.39 is 6.04 Å². The van der Waals surface area contributed by atoms with Crippen molar-refractivity contribution >= 4 is 51.9 Å². The Labute approximate surface area is 331 Å². The quantitative estimate of drug-likeness (QED) is 0.184. The van der Waals surface area contributed by atoms with Crippen molar-refractivity contribution in [3.8, 4) is 5.75 Å². The number of amides is 3. The SMILES string of the molecule is Cc1cccc(C)c1Nc1nn(C)c2nc(Nc3ccc4c(c3)CN(C(=O)CN3CCC(Oc5ccc6c(c5)C(=O)N(C5CCCNC5=O)C6)CC3)CC4)ncc12. The molecule has 5 aromatic rings. The highest BCUT2D eigenvalue weighted by molar-refractivity contribution is 6.01. The first-order chi connectivity index (χ1) is 27.7. The maximum Gasteiger partial charge on any atom is 0.255 e. The Morgan fingerprint density at radius 3 is 2.54 bits per heavy atom. The fraction of sp³-hybridized carbons (Fsp3) is 0.395. The molecule has 1 unspecified atom stereocenters. The highest BCUT2D eigenvalue weighted by atomic mass is 16.5. The van der Waals surface area contributed by atoms with E-state index in [1.807, 2.05) is 42.3 Å². The lowest BCUT2D eigenvalue weighted by Crippen LogP contribution is -2.50. The topological polar surface area (TPSA) is 150 Å². The Hall–Kier alpha value is -6.02. The zero-order valence-corrected chi connectivity index (χ0v) is 32.7. The molecule has 6 heterocycles. The molecular formula is C43H48N10O4. The third-order valence-corrected chi connectivity index (χ3v) is 11.9. The smallest absolute Gasteiger partial charge is 0.255 e. The molecule has 0 radical (unpaired) electrons. The Morgan fingerprint density at radius 1 is 0.930 bits per heavy atom. The number of benzene rings is 3. The van der Waals surface area contributed by atoms with Crippen LogP contribution >= 0.6 is 0 Å². The number of fused-ring (bicyclic) bond motifs is 3. The molecule has 3 amide bonds. The van der Waals surface area contributed by atoms with Gasteiger partial charge in [-0.05, 0) is 98.0 Å². The van der Waals surface area contributed by atoms with Gasteiger partial charge in [0, 0.05) is 69.5 Å². The summed E-state index contributed by atoms with van der Waals surface area (Å²) in [6, 6.07) is 17.8. The van der Waals surface area contributed by atoms with Gasteiger partial charge in [0.15, 0.2) is 11.5 Å². The second-order valence-corrected chi connectivity index (χ2v) is 15.8. The second-order valence-electron chi connectivity index (χ2n) is 15.8. The zero-order chi connectivity index (χ0) is 39.2. The van der Waals surface area contributed by atoms with Crippen LogP contribution in [0.2, 0.25) is 0 Å². The molecule has 14 heteroatoms. The average molecular weight is 769 g/mol. The van der Waals surface area contributed by atoms with E-state index in [0.29, 0.717) is 67.9 Å². The Bertz CT molecular complexity index is 2370. The summed E-state index contributed by atoms with van der Waals surface area (Å²) in [5.41, 5.74) is 8.80. The summed E-state index contributed by atoms with van der Waals surface area (Å²) in [5.74, 6) is 1.81. The maximum atomic E-state index is 13.6. The molecule has 2 fully saturated rings. The van der Waals surface area contributed by atoms with E-state index in [-0.39, 0.29) is 23.8 Å². The third-order valence-electron chi connectivity index (χ3n) is 11.9. The predicted octanol–water partition coefficient (Wildman–Crippen LogP) is 5.13. The monoisotopic (exact) mass is 768 g/mol. The van der Waals surface area contributed by atoms with Crippen molar-refractivity contribution in [1.29, 1.82) is 0 Å². The summed E-state index contributed by atoms with van der Waals surface area (Å²) in [5, 5.41) is 15.3. The number of aromatic nitrogens is 4. The van der Waals surface area contributed by atoms with Crippen LogP contribution in [0.4, 0.5) is 23.1 Å². The summed E-state index contributed by atoms with van der Waals surface area (Å²) >= 11 is 0. The van der Waals surface area contributed by atoms with Gasteiger partial charge in [0.1, 0.15) is 17.9 Å². The van der Waals surface area contributed by atoms with Crippen molar-refractivity contribution in [2.24, 2.45) is 7.05 Å². The number of nitrogens with one attached hydrogen (secondary N) is 3. The number of nitrogens with zero attached hydrogens (tertiary/aromatic N) is 7. The Kier molecular flexibility index (Phi) is 9.73. The fourth-order valence-electron chi connectivity index (χ4n) is 8.65. The van der Waals surface area contributed by atoms with Gasteiger partial charge in [-0.25, -0.2) is 9.67 Å². The maximum absolute atomic E-state index is 13.6. The number of piperidine rings is 2. The normalized spacial score (nSPS) is 18.7. The van der Waals surface area contributed by atoms with E-state index in [1.54, 1.807) is 15.8 Å². The number of aryl methyl sites for hydroxylation is 3. The minimum atomic E-state index is -0.411. The lowest BCUT2D eigenvalue weighted by atomic mass is 9.99. The molecule has 9 rings (SSSR count). The van der Waals surface area contributed by atoms with Gasteiger partial charge in [-0.3, -0.25) is 19.3 Å². The number of anilines is 4. The number of likely N-dealkylation sites (tertiary alicyclic amines) is 1. The van der Waals surface area contributed by atoms with Crippen molar-refractivity contribution in [3.05, 3.63) is 94.2 Å². The van der Waals surface area contributed by atoms with Crippen LogP contribution in [0.15, 0.2) is 60.8 Å². The van der Waals surface area contributed by atoms with Gasteiger partial charge in [-0.2, -0.15) is 10.1 Å². The molecule has 0 spiro atoms. The Morgan fingerprint density at radius 2 is 1.74 bits per heavy atom. The molecule has 2 aromatic heterocycles. The number of carbonyl (C=O) groups is 3. The van der Waals surface area contributed by atoms with Crippen LogP contribution in [-0.2, 0) is 36.1 Å².